The van der Waals surface area contributed by atoms with Gasteiger partial charge in [0.2, 0.25) is 0 Å². The van der Waals surface area contributed by atoms with E-state index in [0.717, 1.165) is 21.3 Å². The number of carbonyl (C=O) groups excluding carboxylic acids is 1. The number of nitrogens with zero attached hydrogens (tertiary/aromatic N) is 3. The number of anilines is 1. The van der Waals surface area contributed by atoms with Crippen LogP contribution in [0.15, 0.2) is 53.5 Å². The Kier molecular flexibility index (Phi) is 5.49. The van der Waals surface area contributed by atoms with Gasteiger partial charge in [-0.15, -0.1) is 0 Å². The van der Waals surface area contributed by atoms with E-state index in [4.69, 9.17) is 0 Å². The summed E-state index contributed by atoms with van der Waals surface area (Å²) in [6.07, 6.45) is 0. The van der Waals surface area contributed by atoms with Crippen molar-refractivity contribution in [1.82, 2.24) is 9.78 Å². The Hall–Kier alpha value is -2.43. The van der Waals surface area contributed by atoms with Gasteiger partial charge >= 0.3 is 165 Å². The molecule has 0 aliphatic heterocycles. The number of carbonyl (C=O) groups is 1. The molecule has 1 N–H and O–H groups in total. The van der Waals surface area contributed by atoms with Gasteiger partial charge in [-0.3, -0.25) is 0 Å². The van der Waals surface area contributed by atoms with E-state index in [0.29, 0.717) is 4.57 Å². The Labute approximate surface area is 165 Å². The molecule has 0 fully saturated rings. The van der Waals surface area contributed by atoms with Crippen molar-refractivity contribution in [2.45, 2.75) is 33.1 Å². The summed E-state index contributed by atoms with van der Waals surface area (Å²) in [4.78, 5) is 17.2. The molecule has 140 valence electrons. The fraction of sp³-hybridized carbons (Fsp3) is 0.286. The van der Waals surface area contributed by atoms with Crippen molar-refractivity contribution in [1.29, 1.82) is 0 Å². The molecule has 1 heterocycles. The van der Waals surface area contributed by atoms with Crippen molar-refractivity contribution in [2.24, 2.45) is 12.0 Å². The molecule has 0 aliphatic rings. The zero-order chi connectivity index (χ0) is 19.6. The second kappa shape index (κ2) is 7.67. The molecule has 0 bridgehead atoms. The molecule has 3 rings (SSSR count). The predicted molar refractivity (Wildman–Crippen MR) is 110 cm³/mol. The Morgan fingerprint density at radius 2 is 1.70 bits per heavy atom. The third kappa shape index (κ3) is 4.85. The molecule has 27 heavy (non-hydrogen) atoms. The Morgan fingerprint density at radius 1 is 1.07 bits per heavy atom. The summed E-state index contributed by atoms with van der Waals surface area (Å²) in [5, 5.41) is 7.28. The van der Waals surface area contributed by atoms with Crippen LogP contribution in [0.4, 0.5) is 11.4 Å². The van der Waals surface area contributed by atoms with E-state index >= 15 is 0 Å². The number of benzene rings is 2. The third-order valence-corrected chi connectivity index (χ3v) is 6.26. The van der Waals surface area contributed by atoms with Gasteiger partial charge in [0.05, 0.1) is 0 Å². The fourth-order valence-electron chi connectivity index (χ4n) is 2.51. The Morgan fingerprint density at radius 3 is 2.30 bits per heavy atom. The van der Waals surface area contributed by atoms with E-state index in [1.54, 1.807) is 4.68 Å². The first-order chi connectivity index (χ1) is 12.7. The van der Waals surface area contributed by atoms with Crippen LogP contribution < -0.4 is 9.68 Å². The molecular formula is C21H24N4OSe. The molecule has 3 aromatic rings. The third-order valence-electron chi connectivity index (χ3n) is 4.17. The molecule has 0 saturated heterocycles. The van der Waals surface area contributed by atoms with E-state index in [1.807, 2.05) is 50.4 Å². The minimum atomic E-state index is -0.230. The van der Waals surface area contributed by atoms with Crippen LogP contribution in [-0.4, -0.2) is 30.2 Å². The van der Waals surface area contributed by atoms with Crippen LogP contribution >= 0.6 is 0 Å². The molecule has 0 unspecified atom stereocenters. The summed E-state index contributed by atoms with van der Waals surface area (Å²) in [6.45, 7) is 8.58. The van der Waals surface area contributed by atoms with Gasteiger partial charge in [-0.2, -0.15) is 0 Å². The van der Waals surface area contributed by atoms with E-state index < -0.39 is 0 Å². The molecule has 1 aromatic heterocycles. The van der Waals surface area contributed by atoms with Crippen LogP contribution in [0.5, 0.6) is 0 Å². The molecule has 0 saturated carbocycles. The summed E-state index contributed by atoms with van der Waals surface area (Å²) in [5.41, 5.74) is 4.19. The van der Waals surface area contributed by atoms with Crippen molar-refractivity contribution >= 4 is 31.8 Å². The predicted octanol–water partition coefficient (Wildman–Crippen LogP) is 3.57. The molecule has 0 atom stereocenters. The molecule has 6 heteroatoms. The number of hydrogen-bond donors (Lipinski definition) is 1. The monoisotopic (exact) mass is 428 g/mol. The van der Waals surface area contributed by atoms with E-state index in [1.165, 1.54) is 5.56 Å². The molecule has 0 aliphatic carbocycles. The van der Waals surface area contributed by atoms with Gasteiger partial charge in [0.25, 0.3) is 0 Å². The molecule has 5 nitrogen and oxygen atoms in total. The van der Waals surface area contributed by atoms with Gasteiger partial charge in [0, 0.05) is 0 Å². The quantitative estimate of drug-likeness (QED) is 0.650. The molecular weight excluding hydrogens is 403 g/mol. The molecule has 1 amide bonds. The average molecular weight is 427 g/mol. The minimum absolute atomic E-state index is 0.115. The summed E-state index contributed by atoms with van der Waals surface area (Å²) in [7, 11) is 1.83. The fourth-order valence-corrected chi connectivity index (χ4v) is 4.19. The first kappa shape index (κ1) is 19.3. The van der Waals surface area contributed by atoms with Crippen molar-refractivity contribution < 1.29 is 4.79 Å². The normalized spacial score (nSPS) is 12.3. The number of amides is 1. The maximum atomic E-state index is 12.5. The van der Waals surface area contributed by atoms with Gasteiger partial charge in [0.1, 0.15) is 0 Å². The SMILES string of the molecule is Cc1ccc(NC(=O)c2nn(C)c(=Nc3ccc(C(C)(C)C)cc3)[se]2)cc1. The van der Waals surface area contributed by atoms with Gasteiger partial charge in [-0.25, -0.2) is 0 Å². The average Bonchev–Trinajstić information content (AvgIpc) is 2.97. The number of aromatic nitrogens is 2. The number of aryl methyl sites for hydroxylation is 2. The first-order valence-electron chi connectivity index (χ1n) is 8.80. The zero-order valence-corrected chi connectivity index (χ0v) is 18.0. The number of rotatable bonds is 3. The van der Waals surface area contributed by atoms with Crippen molar-refractivity contribution in [3.05, 3.63) is 68.6 Å². The summed E-state index contributed by atoms with van der Waals surface area (Å²) >= 11 is -0.230. The van der Waals surface area contributed by atoms with Crippen LogP contribution in [-0.2, 0) is 12.5 Å². The first-order valence-corrected chi connectivity index (χ1v) is 10.5. The standard InChI is InChI=1S/C21H24N4OSe/c1-14-6-10-16(11-7-14)22-18(26)19-24-25(5)20(27-19)23-17-12-8-15(9-13-17)21(2,3)4/h6-13H,1-5H3,(H,22,26). The molecule has 0 radical (unpaired) electrons. The van der Waals surface area contributed by atoms with Crippen LogP contribution in [0.25, 0.3) is 0 Å². The second-order valence-corrected chi connectivity index (χ2v) is 9.55. The molecule has 0 spiro atoms. The van der Waals surface area contributed by atoms with Gasteiger partial charge in [-0.05, 0) is 0 Å². The summed E-state index contributed by atoms with van der Waals surface area (Å²) in [6, 6.07) is 16.0. The second-order valence-electron chi connectivity index (χ2n) is 7.54. The van der Waals surface area contributed by atoms with Crippen LogP contribution in [0.1, 0.15) is 41.3 Å². The number of nitrogens with one attached hydrogen (secondary N) is 1. The summed E-state index contributed by atoms with van der Waals surface area (Å²) in [5.74, 6) is -0.168. The summed E-state index contributed by atoms with van der Waals surface area (Å²) < 4.78 is 3.04. The maximum absolute atomic E-state index is 12.5. The Balaban J connectivity index is 1.82. The van der Waals surface area contributed by atoms with Crippen molar-refractivity contribution in [3.63, 3.8) is 0 Å². The van der Waals surface area contributed by atoms with Gasteiger partial charge in [-0.1, -0.05) is 0 Å². The van der Waals surface area contributed by atoms with Crippen molar-refractivity contribution in [3.8, 4) is 0 Å². The van der Waals surface area contributed by atoms with Gasteiger partial charge in [0.15, 0.2) is 0 Å². The van der Waals surface area contributed by atoms with Crippen LogP contribution in [0.2, 0.25) is 0 Å². The number of hydrogen-bond acceptors (Lipinski definition) is 3. The van der Waals surface area contributed by atoms with E-state index in [2.05, 4.69) is 48.3 Å². The zero-order valence-electron chi connectivity index (χ0n) is 16.3. The van der Waals surface area contributed by atoms with Crippen LogP contribution in [0, 0.1) is 6.92 Å². The van der Waals surface area contributed by atoms with Crippen LogP contribution in [0.3, 0.4) is 0 Å². The van der Waals surface area contributed by atoms with Crippen molar-refractivity contribution in [2.75, 3.05) is 5.32 Å². The van der Waals surface area contributed by atoms with E-state index in [9.17, 15) is 4.79 Å². The Bertz CT molecular complexity index is 1010. The van der Waals surface area contributed by atoms with E-state index in [-0.39, 0.29) is 25.8 Å². The van der Waals surface area contributed by atoms with Gasteiger partial charge < -0.3 is 0 Å². The molecule has 2 aromatic carbocycles. The topological polar surface area (TPSA) is 59.3 Å².